The molecule has 1 aromatic heterocycles. The number of nitrogens with zero attached hydrogens (tertiary/aromatic N) is 3. The molecule has 31 heavy (non-hydrogen) atoms. The first-order valence-electron chi connectivity index (χ1n) is 10.5. The first-order chi connectivity index (χ1) is 15.1. The van der Waals surface area contributed by atoms with Crippen LogP contribution in [-0.4, -0.2) is 27.3 Å². The van der Waals surface area contributed by atoms with E-state index in [0.717, 1.165) is 23.4 Å². The molecule has 0 spiro atoms. The lowest BCUT2D eigenvalue weighted by Gasteiger charge is -2.29. The SMILES string of the molecule is CCCC1=C(C(=O)OCC)[C@H](c2cccc(Oc3ccccc3)c2)n2nc(C)nc2N1. The summed E-state index contributed by atoms with van der Waals surface area (Å²) in [5, 5.41) is 7.87. The summed E-state index contributed by atoms with van der Waals surface area (Å²) in [6.45, 7) is 6.02. The van der Waals surface area contributed by atoms with Gasteiger partial charge < -0.3 is 14.8 Å². The number of anilines is 1. The van der Waals surface area contributed by atoms with Crippen molar-refractivity contribution in [3.63, 3.8) is 0 Å². The van der Waals surface area contributed by atoms with E-state index in [1.54, 1.807) is 4.68 Å². The fraction of sp³-hybridized carbons (Fsp3) is 0.292. The van der Waals surface area contributed by atoms with Gasteiger partial charge in [0.05, 0.1) is 12.2 Å². The first kappa shape index (κ1) is 20.7. The molecular weight excluding hydrogens is 392 g/mol. The zero-order valence-corrected chi connectivity index (χ0v) is 18.0. The topological polar surface area (TPSA) is 78.3 Å². The number of hydrogen-bond donors (Lipinski definition) is 1. The lowest BCUT2D eigenvalue weighted by atomic mass is 9.94. The summed E-state index contributed by atoms with van der Waals surface area (Å²) in [5.41, 5.74) is 2.25. The van der Waals surface area contributed by atoms with Crippen molar-refractivity contribution in [3.8, 4) is 11.5 Å². The van der Waals surface area contributed by atoms with Gasteiger partial charge >= 0.3 is 5.97 Å². The van der Waals surface area contributed by atoms with Crippen LogP contribution in [0.5, 0.6) is 11.5 Å². The van der Waals surface area contributed by atoms with Gasteiger partial charge in [0.15, 0.2) is 0 Å². The standard InChI is InChI=1S/C24H26N4O3/c1-4-10-20-21(23(29)30-5-2)22(28-24(26-20)25-16(3)27-28)17-11-9-14-19(15-17)31-18-12-7-6-8-13-18/h6-9,11-15,22H,4-5,10H2,1-3H3,(H,25,26,27)/t22-/m0/s1. The highest BCUT2D eigenvalue weighted by Crippen LogP contribution is 2.38. The monoisotopic (exact) mass is 418 g/mol. The molecule has 3 aromatic rings. The minimum atomic E-state index is -0.461. The lowest BCUT2D eigenvalue weighted by molar-refractivity contribution is -0.139. The molecular formula is C24H26N4O3. The van der Waals surface area contributed by atoms with Crippen molar-refractivity contribution < 1.29 is 14.3 Å². The predicted octanol–water partition coefficient (Wildman–Crippen LogP) is 5.01. The van der Waals surface area contributed by atoms with E-state index in [4.69, 9.17) is 9.47 Å². The van der Waals surface area contributed by atoms with Crippen LogP contribution in [0, 0.1) is 6.92 Å². The van der Waals surface area contributed by atoms with Crippen molar-refractivity contribution in [2.45, 2.75) is 39.7 Å². The molecule has 0 saturated carbocycles. The number of allylic oxidation sites excluding steroid dienone is 1. The van der Waals surface area contributed by atoms with E-state index >= 15 is 0 Å². The summed E-state index contributed by atoms with van der Waals surface area (Å²) in [6, 6.07) is 16.9. The smallest absolute Gasteiger partial charge is 0.338 e. The number of para-hydroxylation sites is 1. The average molecular weight is 418 g/mol. The van der Waals surface area contributed by atoms with E-state index in [1.165, 1.54) is 0 Å². The Morgan fingerprint density at radius 3 is 2.61 bits per heavy atom. The van der Waals surface area contributed by atoms with Crippen LogP contribution in [0.2, 0.25) is 0 Å². The molecule has 0 bridgehead atoms. The van der Waals surface area contributed by atoms with E-state index < -0.39 is 6.04 Å². The van der Waals surface area contributed by atoms with E-state index in [9.17, 15) is 4.79 Å². The Morgan fingerprint density at radius 1 is 1.10 bits per heavy atom. The number of benzene rings is 2. The Hall–Kier alpha value is -3.61. The Bertz CT molecular complexity index is 1110. The van der Waals surface area contributed by atoms with Crippen LogP contribution in [0.3, 0.4) is 0 Å². The molecule has 1 aliphatic heterocycles. The molecule has 0 fully saturated rings. The molecule has 0 unspecified atom stereocenters. The summed E-state index contributed by atoms with van der Waals surface area (Å²) < 4.78 is 13.2. The number of ether oxygens (including phenoxy) is 2. The molecule has 4 rings (SSSR count). The number of rotatable bonds is 7. The molecule has 0 amide bonds. The second-order valence-electron chi connectivity index (χ2n) is 7.31. The minimum Gasteiger partial charge on any atom is -0.463 e. The molecule has 0 aliphatic carbocycles. The van der Waals surface area contributed by atoms with Gasteiger partial charge in [0.25, 0.3) is 0 Å². The second kappa shape index (κ2) is 9.04. The van der Waals surface area contributed by atoms with Crippen molar-refractivity contribution in [2.75, 3.05) is 11.9 Å². The Morgan fingerprint density at radius 2 is 1.87 bits per heavy atom. The molecule has 160 valence electrons. The van der Waals surface area contributed by atoms with E-state index in [0.29, 0.717) is 36.1 Å². The first-order valence-corrected chi connectivity index (χ1v) is 10.5. The quantitative estimate of drug-likeness (QED) is 0.544. The number of carbonyl (C=O) groups is 1. The van der Waals surface area contributed by atoms with Crippen molar-refractivity contribution in [1.82, 2.24) is 14.8 Å². The van der Waals surface area contributed by atoms with Crippen LogP contribution >= 0.6 is 0 Å². The van der Waals surface area contributed by atoms with Crippen molar-refractivity contribution >= 4 is 11.9 Å². The highest BCUT2D eigenvalue weighted by atomic mass is 16.5. The van der Waals surface area contributed by atoms with Crippen molar-refractivity contribution in [3.05, 3.63) is 77.3 Å². The number of aromatic nitrogens is 3. The Kier molecular flexibility index (Phi) is 6.02. The van der Waals surface area contributed by atoms with Crippen LogP contribution in [0.4, 0.5) is 5.95 Å². The summed E-state index contributed by atoms with van der Waals surface area (Å²) >= 11 is 0. The van der Waals surface area contributed by atoms with Crippen LogP contribution in [-0.2, 0) is 9.53 Å². The van der Waals surface area contributed by atoms with Crippen molar-refractivity contribution in [2.24, 2.45) is 0 Å². The Labute approximate surface area is 181 Å². The maximum atomic E-state index is 13.0. The fourth-order valence-corrected chi connectivity index (χ4v) is 3.76. The van der Waals surface area contributed by atoms with Gasteiger partial charge in [-0.1, -0.05) is 43.7 Å². The number of hydrogen-bond acceptors (Lipinski definition) is 6. The highest BCUT2D eigenvalue weighted by molar-refractivity contribution is 5.92. The fourth-order valence-electron chi connectivity index (χ4n) is 3.76. The predicted molar refractivity (Wildman–Crippen MR) is 118 cm³/mol. The number of aryl methyl sites for hydroxylation is 1. The summed E-state index contributed by atoms with van der Waals surface area (Å²) in [7, 11) is 0. The van der Waals surface area contributed by atoms with E-state index in [2.05, 4.69) is 22.3 Å². The number of fused-ring (bicyclic) bond motifs is 1. The third-order valence-electron chi connectivity index (χ3n) is 4.99. The van der Waals surface area contributed by atoms with Gasteiger partial charge in [-0.15, -0.1) is 0 Å². The molecule has 2 aromatic carbocycles. The number of nitrogens with one attached hydrogen (secondary N) is 1. The summed E-state index contributed by atoms with van der Waals surface area (Å²) in [6.07, 6.45) is 1.58. The molecule has 7 nitrogen and oxygen atoms in total. The number of carbonyl (C=O) groups excluding carboxylic acids is 1. The maximum absolute atomic E-state index is 13.0. The average Bonchev–Trinajstić information content (AvgIpc) is 3.13. The van der Waals surface area contributed by atoms with Gasteiger partial charge in [-0.25, -0.2) is 9.48 Å². The maximum Gasteiger partial charge on any atom is 0.338 e. The molecule has 0 saturated heterocycles. The van der Waals surface area contributed by atoms with Crippen molar-refractivity contribution in [1.29, 1.82) is 0 Å². The summed E-state index contributed by atoms with van der Waals surface area (Å²) in [4.78, 5) is 17.6. The summed E-state index contributed by atoms with van der Waals surface area (Å²) in [5.74, 6) is 2.33. The molecule has 1 atom stereocenters. The second-order valence-corrected chi connectivity index (χ2v) is 7.31. The molecule has 1 N–H and O–H groups in total. The van der Waals surface area contributed by atoms with Gasteiger partial charge in [-0.2, -0.15) is 10.1 Å². The number of esters is 1. The van der Waals surface area contributed by atoms with Crippen LogP contribution < -0.4 is 10.1 Å². The minimum absolute atomic E-state index is 0.300. The third-order valence-corrected chi connectivity index (χ3v) is 4.99. The van der Waals surface area contributed by atoms with Crippen LogP contribution in [0.25, 0.3) is 0 Å². The highest BCUT2D eigenvalue weighted by Gasteiger charge is 2.36. The van der Waals surface area contributed by atoms with Gasteiger partial charge in [0.2, 0.25) is 5.95 Å². The molecule has 2 heterocycles. The third kappa shape index (κ3) is 4.30. The molecule has 7 heteroatoms. The lowest BCUT2D eigenvalue weighted by Crippen LogP contribution is -2.30. The Balaban J connectivity index is 1.81. The van der Waals surface area contributed by atoms with Gasteiger partial charge in [-0.3, -0.25) is 0 Å². The molecule has 0 radical (unpaired) electrons. The van der Waals surface area contributed by atoms with Gasteiger partial charge in [0, 0.05) is 5.70 Å². The van der Waals surface area contributed by atoms with E-state index in [-0.39, 0.29) is 5.97 Å². The van der Waals surface area contributed by atoms with E-state index in [1.807, 2.05) is 68.4 Å². The van der Waals surface area contributed by atoms with Gasteiger partial charge in [0.1, 0.15) is 23.4 Å². The zero-order chi connectivity index (χ0) is 21.8. The largest absolute Gasteiger partial charge is 0.463 e. The zero-order valence-electron chi connectivity index (χ0n) is 18.0. The molecule has 1 aliphatic rings. The normalized spacial score (nSPS) is 15.3. The van der Waals surface area contributed by atoms with Crippen LogP contribution in [0.1, 0.15) is 44.1 Å². The van der Waals surface area contributed by atoms with Crippen LogP contribution in [0.15, 0.2) is 65.9 Å². The van der Waals surface area contributed by atoms with Gasteiger partial charge in [-0.05, 0) is 50.1 Å².